The molecule has 0 aliphatic heterocycles. The van der Waals surface area contributed by atoms with Crippen LogP contribution in [0.1, 0.15) is 49.9 Å². The van der Waals surface area contributed by atoms with Crippen LogP contribution >= 0.6 is 0 Å². The van der Waals surface area contributed by atoms with Crippen molar-refractivity contribution in [2.24, 2.45) is 0 Å². The summed E-state index contributed by atoms with van der Waals surface area (Å²) < 4.78 is 6.83. The summed E-state index contributed by atoms with van der Waals surface area (Å²) in [4.78, 5) is 0. The van der Waals surface area contributed by atoms with Crippen molar-refractivity contribution in [3.05, 3.63) is 204 Å². The summed E-state index contributed by atoms with van der Waals surface area (Å²) in [6.45, 7) is 9.43. The zero-order valence-corrected chi connectivity index (χ0v) is 34.7. The Morgan fingerprint density at radius 3 is 1.46 bits per heavy atom. The lowest BCUT2D eigenvalue weighted by Gasteiger charge is -2.22. The predicted octanol–water partition coefficient (Wildman–Crippen LogP) is 16.7. The van der Waals surface area contributed by atoms with Gasteiger partial charge in [-0.3, -0.25) is 0 Å². The van der Waals surface area contributed by atoms with Crippen LogP contribution in [0.3, 0.4) is 0 Å². The van der Waals surface area contributed by atoms with E-state index in [0.29, 0.717) is 0 Å². The van der Waals surface area contributed by atoms with Crippen molar-refractivity contribution in [3.63, 3.8) is 0 Å². The van der Waals surface area contributed by atoms with Gasteiger partial charge in [0.1, 0.15) is 11.2 Å². The van der Waals surface area contributed by atoms with E-state index in [-0.39, 0.29) is 10.8 Å². The summed E-state index contributed by atoms with van der Waals surface area (Å²) in [6, 6.07) is 67.8. The van der Waals surface area contributed by atoms with E-state index in [1.54, 1.807) is 0 Å². The van der Waals surface area contributed by atoms with Gasteiger partial charge in [-0.05, 0) is 128 Å². The normalized spacial score (nSPS) is 14.5. The molecule has 0 N–H and O–H groups in total. The van der Waals surface area contributed by atoms with Crippen LogP contribution in [-0.4, -0.2) is 0 Å². The molecule has 288 valence electrons. The average Bonchev–Trinajstić information content (AvgIpc) is 3.87. The van der Waals surface area contributed by atoms with Gasteiger partial charge in [-0.15, -0.1) is 0 Å². The smallest absolute Gasteiger partial charge is 0.136 e. The molecule has 0 fully saturated rings. The molecule has 61 heavy (non-hydrogen) atoms. The van der Waals surface area contributed by atoms with E-state index >= 15 is 0 Å². The minimum absolute atomic E-state index is 0.0286. The maximum Gasteiger partial charge on any atom is 0.136 e. The molecule has 1 heteroatoms. The van der Waals surface area contributed by atoms with Gasteiger partial charge in [-0.2, -0.15) is 0 Å². The third-order valence-electron chi connectivity index (χ3n) is 14.4. The minimum atomic E-state index is -0.144. The van der Waals surface area contributed by atoms with Gasteiger partial charge in [0.05, 0.1) is 0 Å². The van der Waals surface area contributed by atoms with Gasteiger partial charge in [0, 0.05) is 21.6 Å². The Bertz CT molecular complexity index is 3630. The third-order valence-corrected chi connectivity index (χ3v) is 14.4. The first-order valence-corrected chi connectivity index (χ1v) is 21.6. The molecular weight excluding hydrogens is 737 g/mol. The largest absolute Gasteiger partial charge is 0.456 e. The first-order valence-electron chi connectivity index (χ1n) is 21.6. The molecule has 1 nitrogen and oxygen atoms in total. The highest BCUT2D eigenvalue weighted by molar-refractivity contribution is 6.25. The Kier molecular flexibility index (Phi) is 6.91. The lowest BCUT2D eigenvalue weighted by atomic mass is 9.80. The molecule has 0 unspecified atom stereocenters. The molecule has 10 aromatic carbocycles. The van der Waals surface area contributed by atoms with Crippen LogP contribution in [0.2, 0.25) is 0 Å². The highest BCUT2D eigenvalue weighted by atomic mass is 16.3. The Morgan fingerprint density at radius 2 is 0.803 bits per heavy atom. The van der Waals surface area contributed by atoms with Crippen molar-refractivity contribution in [2.75, 3.05) is 0 Å². The third kappa shape index (κ3) is 4.61. The monoisotopic (exact) mass is 778 g/mol. The van der Waals surface area contributed by atoms with Crippen LogP contribution in [-0.2, 0) is 10.8 Å². The van der Waals surface area contributed by atoms with Crippen LogP contribution in [0, 0.1) is 0 Å². The summed E-state index contributed by atoms with van der Waals surface area (Å²) in [5.41, 5.74) is 20.0. The molecule has 0 bridgehead atoms. The van der Waals surface area contributed by atoms with Crippen molar-refractivity contribution >= 4 is 54.3 Å². The van der Waals surface area contributed by atoms with Gasteiger partial charge < -0.3 is 4.42 Å². The molecule has 0 saturated carbocycles. The maximum absolute atomic E-state index is 6.83. The number of hydrogen-bond acceptors (Lipinski definition) is 1. The fourth-order valence-corrected chi connectivity index (χ4v) is 11.7. The topological polar surface area (TPSA) is 13.1 Å². The highest BCUT2D eigenvalue weighted by Crippen LogP contribution is 2.55. The zero-order valence-electron chi connectivity index (χ0n) is 34.7. The Hall–Kier alpha value is -7.22. The van der Waals surface area contributed by atoms with Crippen LogP contribution in [0.4, 0.5) is 0 Å². The van der Waals surface area contributed by atoms with E-state index in [0.717, 1.165) is 11.2 Å². The fourth-order valence-electron chi connectivity index (χ4n) is 11.7. The van der Waals surface area contributed by atoms with Gasteiger partial charge in [0.2, 0.25) is 0 Å². The Morgan fingerprint density at radius 1 is 0.311 bits per heavy atom. The molecule has 0 radical (unpaired) electrons. The highest BCUT2D eigenvalue weighted by Gasteiger charge is 2.38. The van der Waals surface area contributed by atoms with Crippen molar-refractivity contribution < 1.29 is 4.42 Å². The van der Waals surface area contributed by atoms with Gasteiger partial charge >= 0.3 is 0 Å². The lowest BCUT2D eigenvalue weighted by molar-refractivity contribution is 0.657. The molecule has 0 atom stereocenters. The van der Waals surface area contributed by atoms with Crippen LogP contribution < -0.4 is 0 Å². The molecule has 1 aromatic heterocycles. The molecule has 1 heterocycles. The average molecular weight is 779 g/mol. The van der Waals surface area contributed by atoms with Gasteiger partial charge in [0.15, 0.2) is 0 Å². The second kappa shape index (κ2) is 12.2. The molecular formula is C60H42O. The van der Waals surface area contributed by atoms with Gasteiger partial charge in [-0.25, -0.2) is 0 Å². The molecule has 2 aliphatic carbocycles. The quantitative estimate of drug-likeness (QED) is 0.163. The molecule has 0 amide bonds. The molecule has 13 rings (SSSR count). The van der Waals surface area contributed by atoms with E-state index in [4.69, 9.17) is 4.42 Å². The Labute approximate surface area is 355 Å². The fraction of sp³-hybridized carbons (Fsp3) is 0.100. The molecule has 2 aliphatic rings. The second-order valence-corrected chi connectivity index (χ2v) is 18.3. The van der Waals surface area contributed by atoms with Crippen molar-refractivity contribution in [3.8, 4) is 55.6 Å². The first kappa shape index (κ1) is 34.6. The SMILES string of the molecule is CC1(C)c2ccccc2-c2cc(-c3c4ccccc4c(-c4ccc(-c5cc6oc7ccc8c(c7c6c6ccccc56)C(C)(C)c5ccccc5-8)cc4)c4ccccc34)ccc21. The number of fused-ring (bicyclic) bond motifs is 14. The van der Waals surface area contributed by atoms with Crippen molar-refractivity contribution in [2.45, 2.75) is 38.5 Å². The number of hydrogen-bond donors (Lipinski definition) is 0. The minimum Gasteiger partial charge on any atom is -0.456 e. The number of rotatable bonds is 3. The molecule has 0 saturated heterocycles. The molecule has 0 spiro atoms. The van der Waals surface area contributed by atoms with Crippen molar-refractivity contribution in [1.82, 2.24) is 0 Å². The van der Waals surface area contributed by atoms with Gasteiger partial charge in [-0.1, -0.05) is 191 Å². The standard InChI is InChI=1S/C60H42O/c1-59(2)49-23-13-12-17-40(49)48-33-37(29-31-51(48)59)55-44-21-9-7-19-42(44)54(43-20-8-10-22-45(43)55)36-27-25-35(26-28-36)47-34-53-56(41-18-6-5-15-38(41)47)57-52(61-53)32-30-46-39-16-11-14-24-50(39)60(3,4)58(46)57/h5-34H,1-4H3. The number of furan rings is 1. The van der Waals surface area contributed by atoms with Gasteiger partial charge in [0.25, 0.3) is 0 Å². The van der Waals surface area contributed by atoms with Crippen LogP contribution in [0.5, 0.6) is 0 Å². The summed E-state index contributed by atoms with van der Waals surface area (Å²) in [5, 5.41) is 9.96. The first-order chi connectivity index (χ1) is 29.8. The van der Waals surface area contributed by atoms with E-state index in [1.807, 2.05) is 0 Å². The van der Waals surface area contributed by atoms with Crippen LogP contribution in [0.15, 0.2) is 186 Å². The maximum atomic E-state index is 6.83. The zero-order chi connectivity index (χ0) is 40.8. The predicted molar refractivity (Wildman–Crippen MR) is 258 cm³/mol. The second-order valence-electron chi connectivity index (χ2n) is 18.3. The van der Waals surface area contributed by atoms with E-state index in [2.05, 4.69) is 210 Å². The molecule has 11 aromatic rings. The van der Waals surface area contributed by atoms with E-state index in [9.17, 15) is 0 Å². The summed E-state index contributed by atoms with van der Waals surface area (Å²) in [5.74, 6) is 0. The summed E-state index contributed by atoms with van der Waals surface area (Å²) in [7, 11) is 0. The number of benzene rings is 10. The summed E-state index contributed by atoms with van der Waals surface area (Å²) in [6.07, 6.45) is 0. The summed E-state index contributed by atoms with van der Waals surface area (Å²) >= 11 is 0. The van der Waals surface area contributed by atoms with Crippen molar-refractivity contribution in [1.29, 1.82) is 0 Å². The van der Waals surface area contributed by atoms with E-state index < -0.39 is 0 Å². The lowest BCUT2D eigenvalue weighted by Crippen LogP contribution is -2.15. The Balaban J connectivity index is 0.976. The van der Waals surface area contributed by atoms with Crippen LogP contribution in [0.25, 0.3) is 110 Å². The van der Waals surface area contributed by atoms with E-state index in [1.165, 1.54) is 121 Å².